The molecule has 2 rings (SSSR count). The predicted octanol–water partition coefficient (Wildman–Crippen LogP) is 3.75. The zero-order valence-electron chi connectivity index (χ0n) is 14.5. The van der Waals surface area contributed by atoms with E-state index in [2.05, 4.69) is 15.5 Å². The quantitative estimate of drug-likeness (QED) is 0.734. The van der Waals surface area contributed by atoms with E-state index in [1.807, 2.05) is 37.6 Å². The third-order valence-electron chi connectivity index (χ3n) is 4.29. The van der Waals surface area contributed by atoms with Crippen LogP contribution in [0.15, 0.2) is 34.6 Å². The molecule has 1 aromatic heterocycles. The number of nitrogens with two attached hydrogens (primary N) is 1. The standard InChI is InChI=1S/C16H22ClN5OS.ClH/c1-4-16(5-2,9-18)14(23)20-11-6-7-13(12(17)8-11)24-15-21-19-10-22(15)3;/h6-8,10H,4-5,9,18H2,1-3H3,(H,20,23);1H. The third kappa shape index (κ3) is 4.88. The molecule has 0 atom stereocenters. The van der Waals surface area contributed by atoms with Crippen LogP contribution in [-0.4, -0.2) is 27.2 Å². The van der Waals surface area contributed by atoms with Gasteiger partial charge >= 0.3 is 0 Å². The van der Waals surface area contributed by atoms with Crippen LogP contribution in [0.5, 0.6) is 0 Å². The normalized spacial score (nSPS) is 11.1. The van der Waals surface area contributed by atoms with Crippen molar-refractivity contribution < 1.29 is 4.79 Å². The number of carbonyl (C=O) groups excluding carboxylic acids is 1. The molecule has 0 unspecified atom stereocenters. The number of rotatable bonds is 7. The summed E-state index contributed by atoms with van der Waals surface area (Å²) in [5.74, 6) is -0.0697. The van der Waals surface area contributed by atoms with E-state index < -0.39 is 5.41 Å². The first-order valence-corrected chi connectivity index (χ1v) is 8.98. The number of hydrogen-bond donors (Lipinski definition) is 2. The number of hydrogen-bond acceptors (Lipinski definition) is 5. The Hall–Kier alpha value is -1.28. The number of aryl methyl sites for hydroxylation is 1. The fourth-order valence-corrected chi connectivity index (χ4v) is 3.41. The Kier molecular flexibility index (Phi) is 8.21. The Labute approximate surface area is 163 Å². The molecule has 0 fully saturated rings. The average molecular weight is 404 g/mol. The molecule has 6 nitrogen and oxygen atoms in total. The van der Waals surface area contributed by atoms with Crippen molar-refractivity contribution in [1.82, 2.24) is 14.8 Å². The first-order valence-electron chi connectivity index (χ1n) is 7.78. The minimum absolute atomic E-state index is 0. The molecule has 1 amide bonds. The van der Waals surface area contributed by atoms with Gasteiger partial charge in [0.25, 0.3) is 0 Å². The van der Waals surface area contributed by atoms with Crippen LogP contribution in [0.4, 0.5) is 5.69 Å². The number of amides is 1. The Bertz CT molecular complexity index is 710. The topological polar surface area (TPSA) is 85.8 Å². The molecule has 25 heavy (non-hydrogen) atoms. The number of nitrogens with one attached hydrogen (secondary N) is 1. The number of halogens is 2. The molecule has 0 saturated carbocycles. The average Bonchev–Trinajstić information content (AvgIpc) is 2.97. The van der Waals surface area contributed by atoms with Gasteiger partial charge in [0, 0.05) is 24.2 Å². The van der Waals surface area contributed by atoms with Crippen LogP contribution in [-0.2, 0) is 11.8 Å². The van der Waals surface area contributed by atoms with Crippen molar-refractivity contribution >= 4 is 47.4 Å². The number of carbonyl (C=O) groups is 1. The van der Waals surface area contributed by atoms with Crippen LogP contribution in [0.3, 0.4) is 0 Å². The molecule has 1 aromatic carbocycles. The van der Waals surface area contributed by atoms with Crippen LogP contribution in [0.2, 0.25) is 5.02 Å². The van der Waals surface area contributed by atoms with E-state index in [1.54, 1.807) is 12.4 Å². The van der Waals surface area contributed by atoms with E-state index >= 15 is 0 Å². The van der Waals surface area contributed by atoms with Gasteiger partial charge in [0.15, 0.2) is 5.16 Å². The molecule has 0 radical (unpaired) electrons. The molecular formula is C16H23Cl2N5OS. The largest absolute Gasteiger partial charge is 0.329 e. The summed E-state index contributed by atoms with van der Waals surface area (Å²) in [6.07, 6.45) is 3.02. The van der Waals surface area contributed by atoms with Crippen LogP contribution < -0.4 is 11.1 Å². The van der Waals surface area contributed by atoms with Crippen molar-refractivity contribution in [1.29, 1.82) is 0 Å². The summed E-state index contributed by atoms with van der Waals surface area (Å²) < 4.78 is 1.81. The highest BCUT2D eigenvalue weighted by molar-refractivity contribution is 7.99. The predicted molar refractivity (Wildman–Crippen MR) is 105 cm³/mol. The van der Waals surface area contributed by atoms with Crippen molar-refractivity contribution in [3.63, 3.8) is 0 Å². The molecule has 0 aliphatic heterocycles. The summed E-state index contributed by atoms with van der Waals surface area (Å²) in [5, 5.41) is 12.1. The van der Waals surface area contributed by atoms with E-state index in [1.165, 1.54) is 11.8 Å². The molecule has 1 heterocycles. The van der Waals surface area contributed by atoms with Gasteiger partial charge in [-0.15, -0.1) is 22.6 Å². The van der Waals surface area contributed by atoms with Crippen molar-refractivity contribution in [3.05, 3.63) is 29.5 Å². The van der Waals surface area contributed by atoms with Gasteiger partial charge in [-0.1, -0.05) is 25.4 Å². The van der Waals surface area contributed by atoms with E-state index in [0.717, 1.165) is 10.1 Å². The molecule has 0 saturated heterocycles. The van der Waals surface area contributed by atoms with Crippen molar-refractivity contribution in [2.75, 3.05) is 11.9 Å². The lowest BCUT2D eigenvalue weighted by Crippen LogP contribution is -2.41. The maximum atomic E-state index is 12.6. The van der Waals surface area contributed by atoms with Gasteiger partial charge in [0.1, 0.15) is 6.33 Å². The van der Waals surface area contributed by atoms with Gasteiger partial charge in [0.2, 0.25) is 5.91 Å². The molecular weight excluding hydrogens is 381 g/mol. The second kappa shape index (κ2) is 9.43. The molecule has 0 aliphatic carbocycles. The molecule has 2 aromatic rings. The smallest absolute Gasteiger partial charge is 0.231 e. The Morgan fingerprint density at radius 1 is 1.40 bits per heavy atom. The monoisotopic (exact) mass is 403 g/mol. The van der Waals surface area contributed by atoms with Crippen LogP contribution in [0.25, 0.3) is 0 Å². The lowest BCUT2D eigenvalue weighted by Gasteiger charge is -2.28. The second-order valence-electron chi connectivity index (χ2n) is 5.62. The lowest BCUT2D eigenvalue weighted by atomic mass is 9.81. The van der Waals surface area contributed by atoms with Gasteiger partial charge in [-0.3, -0.25) is 4.79 Å². The van der Waals surface area contributed by atoms with Gasteiger partial charge in [-0.25, -0.2) is 0 Å². The summed E-state index contributed by atoms with van der Waals surface area (Å²) in [6.45, 7) is 4.27. The van der Waals surface area contributed by atoms with Crippen molar-refractivity contribution in [2.45, 2.75) is 36.7 Å². The number of nitrogens with zero attached hydrogens (tertiary/aromatic N) is 3. The molecule has 0 bridgehead atoms. The lowest BCUT2D eigenvalue weighted by molar-refractivity contribution is -0.125. The van der Waals surface area contributed by atoms with Crippen molar-refractivity contribution in [2.24, 2.45) is 18.2 Å². The summed E-state index contributed by atoms with van der Waals surface area (Å²) >= 11 is 7.76. The van der Waals surface area contributed by atoms with E-state index in [9.17, 15) is 4.79 Å². The Morgan fingerprint density at radius 3 is 2.56 bits per heavy atom. The summed E-state index contributed by atoms with van der Waals surface area (Å²) in [5.41, 5.74) is 5.94. The summed E-state index contributed by atoms with van der Waals surface area (Å²) in [6, 6.07) is 5.43. The van der Waals surface area contributed by atoms with Gasteiger partial charge in [-0.05, 0) is 42.8 Å². The molecule has 3 N–H and O–H groups in total. The SMILES string of the molecule is CCC(CC)(CN)C(=O)Nc1ccc(Sc2nncn2C)c(Cl)c1.Cl. The zero-order valence-corrected chi connectivity index (χ0v) is 16.8. The van der Waals surface area contributed by atoms with Gasteiger partial charge in [0.05, 0.1) is 10.4 Å². The molecule has 138 valence electrons. The van der Waals surface area contributed by atoms with Crippen molar-refractivity contribution in [3.8, 4) is 0 Å². The molecule has 0 aliphatic rings. The maximum absolute atomic E-state index is 12.6. The fourth-order valence-electron chi connectivity index (χ4n) is 2.34. The number of anilines is 1. The first-order chi connectivity index (χ1) is 11.5. The fraction of sp³-hybridized carbons (Fsp3) is 0.438. The van der Waals surface area contributed by atoms with Gasteiger partial charge in [-0.2, -0.15) is 0 Å². The summed E-state index contributed by atoms with van der Waals surface area (Å²) in [4.78, 5) is 13.4. The number of aromatic nitrogens is 3. The van der Waals surface area contributed by atoms with Crippen LogP contribution >= 0.6 is 35.8 Å². The minimum atomic E-state index is -0.543. The first kappa shape index (κ1) is 21.8. The highest BCUT2D eigenvalue weighted by atomic mass is 35.5. The van der Waals surface area contributed by atoms with E-state index in [-0.39, 0.29) is 18.3 Å². The minimum Gasteiger partial charge on any atom is -0.329 e. The second-order valence-corrected chi connectivity index (χ2v) is 7.03. The zero-order chi connectivity index (χ0) is 17.7. The highest BCUT2D eigenvalue weighted by Crippen LogP contribution is 2.34. The molecule has 0 spiro atoms. The molecule has 9 heteroatoms. The van der Waals surface area contributed by atoms with Gasteiger partial charge < -0.3 is 15.6 Å². The summed E-state index contributed by atoms with van der Waals surface area (Å²) in [7, 11) is 1.87. The van der Waals surface area contributed by atoms with E-state index in [0.29, 0.717) is 30.1 Å². The van der Waals surface area contributed by atoms with E-state index in [4.69, 9.17) is 17.3 Å². The Balaban J connectivity index is 0.00000312. The Morgan fingerprint density at radius 2 is 2.08 bits per heavy atom. The third-order valence-corrected chi connectivity index (χ3v) is 5.84. The highest BCUT2D eigenvalue weighted by Gasteiger charge is 2.33. The number of benzene rings is 1. The van der Waals surface area contributed by atoms with Crippen LogP contribution in [0.1, 0.15) is 26.7 Å². The maximum Gasteiger partial charge on any atom is 0.231 e. The van der Waals surface area contributed by atoms with Crippen LogP contribution in [0, 0.1) is 5.41 Å².